The van der Waals surface area contributed by atoms with Crippen molar-refractivity contribution in [1.82, 2.24) is 10.6 Å². The van der Waals surface area contributed by atoms with E-state index in [0.29, 0.717) is 12.6 Å². The van der Waals surface area contributed by atoms with Gasteiger partial charge in [0.25, 0.3) is 0 Å². The fraction of sp³-hybridized carbons (Fsp3) is 0.900. The highest BCUT2D eigenvalue weighted by molar-refractivity contribution is 5.81. The third-order valence-corrected chi connectivity index (χ3v) is 2.69. The second-order valence-corrected chi connectivity index (χ2v) is 3.87. The molecule has 4 nitrogen and oxygen atoms in total. The predicted molar refractivity (Wildman–Crippen MR) is 55.2 cm³/mol. The molecule has 0 aromatic carbocycles. The number of rotatable bonds is 6. The highest BCUT2D eigenvalue weighted by Crippen LogP contribution is 2.14. The van der Waals surface area contributed by atoms with Gasteiger partial charge in [0.05, 0.1) is 12.6 Å². The van der Waals surface area contributed by atoms with E-state index in [1.807, 2.05) is 0 Å². The van der Waals surface area contributed by atoms with Gasteiger partial charge in [-0.15, -0.1) is 0 Å². The van der Waals surface area contributed by atoms with Gasteiger partial charge < -0.3 is 15.7 Å². The summed E-state index contributed by atoms with van der Waals surface area (Å²) in [5.74, 6) is 0.246. The van der Waals surface area contributed by atoms with Gasteiger partial charge in [-0.05, 0) is 32.7 Å². The zero-order valence-corrected chi connectivity index (χ0v) is 8.75. The van der Waals surface area contributed by atoms with Crippen molar-refractivity contribution in [1.29, 1.82) is 0 Å². The van der Waals surface area contributed by atoms with Crippen molar-refractivity contribution in [2.45, 2.75) is 38.3 Å². The third kappa shape index (κ3) is 3.74. The number of hydrogen-bond donors (Lipinski definition) is 3. The first-order valence-corrected chi connectivity index (χ1v) is 5.32. The third-order valence-electron chi connectivity index (χ3n) is 2.69. The largest absolute Gasteiger partial charge is 0.395 e. The highest BCUT2D eigenvalue weighted by Gasteiger charge is 2.25. The fourth-order valence-electron chi connectivity index (χ4n) is 1.85. The second-order valence-electron chi connectivity index (χ2n) is 3.87. The van der Waals surface area contributed by atoms with Crippen molar-refractivity contribution in [3.8, 4) is 0 Å². The molecule has 1 fully saturated rings. The maximum absolute atomic E-state index is 11.1. The lowest BCUT2D eigenvalue weighted by Gasteiger charge is -2.12. The van der Waals surface area contributed by atoms with Crippen molar-refractivity contribution in [2.75, 3.05) is 19.7 Å². The maximum Gasteiger partial charge on any atom is 0.146 e. The quantitative estimate of drug-likeness (QED) is 0.514. The van der Waals surface area contributed by atoms with Gasteiger partial charge in [0, 0.05) is 12.6 Å². The van der Waals surface area contributed by atoms with Gasteiger partial charge >= 0.3 is 0 Å². The van der Waals surface area contributed by atoms with Crippen LogP contribution in [0.3, 0.4) is 0 Å². The molecule has 0 saturated carbocycles. The van der Waals surface area contributed by atoms with Crippen molar-refractivity contribution in [3.05, 3.63) is 0 Å². The number of ketones is 1. The first-order valence-electron chi connectivity index (χ1n) is 5.32. The Kier molecular flexibility index (Phi) is 5.07. The second kappa shape index (κ2) is 6.11. The lowest BCUT2D eigenvalue weighted by Crippen LogP contribution is -2.36. The van der Waals surface area contributed by atoms with Gasteiger partial charge in [0.2, 0.25) is 0 Å². The molecule has 0 spiro atoms. The summed E-state index contributed by atoms with van der Waals surface area (Å²) < 4.78 is 0. The summed E-state index contributed by atoms with van der Waals surface area (Å²) in [6, 6.07) is 0.549. The first kappa shape index (κ1) is 11.6. The first-order chi connectivity index (χ1) is 6.74. The van der Waals surface area contributed by atoms with Crippen molar-refractivity contribution >= 4 is 5.78 Å². The Labute approximate surface area is 85.1 Å². The SMILES string of the molecule is CC(=O)C1CCC(CCNCCO)N1. The number of aliphatic hydroxyl groups excluding tert-OH is 1. The van der Waals surface area contributed by atoms with E-state index < -0.39 is 0 Å². The monoisotopic (exact) mass is 200 g/mol. The molecule has 1 aliphatic rings. The highest BCUT2D eigenvalue weighted by atomic mass is 16.3. The van der Waals surface area contributed by atoms with Crippen LogP contribution in [0.4, 0.5) is 0 Å². The molecule has 4 heteroatoms. The molecule has 0 bridgehead atoms. The van der Waals surface area contributed by atoms with Crippen LogP contribution >= 0.6 is 0 Å². The van der Waals surface area contributed by atoms with E-state index in [-0.39, 0.29) is 18.4 Å². The van der Waals surface area contributed by atoms with E-state index in [1.54, 1.807) is 6.92 Å². The molecule has 0 amide bonds. The Bertz CT molecular complexity index is 185. The summed E-state index contributed by atoms with van der Waals surface area (Å²) in [6.45, 7) is 3.39. The number of Topliss-reactive ketones (excluding diaryl/α,β-unsaturated/α-hetero) is 1. The van der Waals surface area contributed by atoms with Gasteiger partial charge in [-0.2, -0.15) is 0 Å². The molecule has 82 valence electrons. The molecule has 2 unspecified atom stereocenters. The smallest absolute Gasteiger partial charge is 0.146 e. The Morgan fingerprint density at radius 3 is 2.86 bits per heavy atom. The van der Waals surface area contributed by atoms with E-state index >= 15 is 0 Å². The van der Waals surface area contributed by atoms with E-state index in [4.69, 9.17) is 5.11 Å². The number of nitrogens with one attached hydrogen (secondary N) is 2. The van der Waals surface area contributed by atoms with Gasteiger partial charge in [0.15, 0.2) is 0 Å². The number of carbonyl (C=O) groups is 1. The van der Waals surface area contributed by atoms with Gasteiger partial charge in [-0.3, -0.25) is 4.79 Å². The topological polar surface area (TPSA) is 61.4 Å². The zero-order valence-electron chi connectivity index (χ0n) is 8.75. The molecule has 2 atom stereocenters. The summed E-state index contributed by atoms with van der Waals surface area (Å²) in [4.78, 5) is 11.1. The maximum atomic E-state index is 11.1. The van der Waals surface area contributed by atoms with Gasteiger partial charge in [0.1, 0.15) is 5.78 Å². The molecular formula is C10H20N2O2. The number of hydrogen-bond acceptors (Lipinski definition) is 4. The van der Waals surface area contributed by atoms with E-state index in [0.717, 1.165) is 25.8 Å². The van der Waals surface area contributed by atoms with E-state index in [9.17, 15) is 4.79 Å². The molecule has 3 N–H and O–H groups in total. The minimum atomic E-state index is 0.0813. The van der Waals surface area contributed by atoms with Gasteiger partial charge in [-0.1, -0.05) is 0 Å². The van der Waals surface area contributed by atoms with E-state index in [1.165, 1.54) is 0 Å². The molecule has 1 heterocycles. The minimum absolute atomic E-state index is 0.0813. The lowest BCUT2D eigenvalue weighted by molar-refractivity contribution is -0.118. The van der Waals surface area contributed by atoms with Crippen LogP contribution in [-0.2, 0) is 4.79 Å². The Morgan fingerprint density at radius 1 is 1.50 bits per heavy atom. The van der Waals surface area contributed by atoms with Gasteiger partial charge in [-0.25, -0.2) is 0 Å². The van der Waals surface area contributed by atoms with Crippen LogP contribution in [0, 0.1) is 0 Å². The summed E-state index contributed by atoms with van der Waals surface area (Å²) >= 11 is 0. The van der Waals surface area contributed by atoms with Crippen molar-refractivity contribution < 1.29 is 9.90 Å². The van der Waals surface area contributed by atoms with Crippen molar-refractivity contribution in [3.63, 3.8) is 0 Å². The summed E-state index contributed by atoms with van der Waals surface area (Å²) in [5, 5.41) is 15.0. The molecule has 1 saturated heterocycles. The minimum Gasteiger partial charge on any atom is -0.395 e. The average Bonchev–Trinajstić information content (AvgIpc) is 2.61. The van der Waals surface area contributed by atoms with Crippen LogP contribution in [0.15, 0.2) is 0 Å². The number of carbonyl (C=O) groups excluding carboxylic acids is 1. The molecule has 0 aliphatic carbocycles. The summed E-state index contributed by atoms with van der Waals surface area (Å²) in [5.41, 5.74) is 0. The van der Waals surface area contributed by atoms with Crippen LogP contribution in [0.1, 0.15) is 26.2 Å². The fourth-order valence-corrected chi connectivity index (χ4v) is 1.85. The zero-order chi connectivity index (χ0) is 10.4. The number of aliphatic hydroxyl groups is 1. The molecule has 0 radical (unpaired) electrons. The molecule has 14 heavy (non-hydrogen) atoms. The Hall–Kier alpha value is -0.450. The van der Waals surface area contributed by atoms with Crippen LogP contribution in [0.2, 0.25) is 0 Å². The van der Waals surface area contributed by atoms with Crippen LogP contribution in [0.5, 0.6) is 0 Å². The Morgan fingerprint density at radius 2 is 2.29 bits per heavy atom. The molecule has 1 rings (SSSR count). The van der Waals surface area contributed by atoms with Crippen LogP contribution in [0.25, 0.3) is 0 Å². The summed E-state index contributed by atoms with van der Waals surface area (Å²) in [6.07, 6.45) is 3.09. The lowest BCUT2D eigenvalue weighted by atomic mass is 10.1. The van der Waals surface area contributed by atoms with Crippen molar-refractivity contribution in [2.24, 2.45) is 0 Å². The molecule has 0 aromatic heterocycles. The predicted octanol–water partition coefficient (Wildman–Crippen LogP) is -0.332. The van der Waals surface area contributed by atoms with Crippen LogP contribution in [-0.4, -0.2) is 42.7 Å². The molecular weight excluding hydrogens is 180 g/mol. The normalized spacial score (nSPS) is 26.7. The molecule has 1 aliphatic heterocycles. The summed E-state index contributed by atoms with van der Waals surface area (Å²) in [7, 11) is 0. The van der Waals surface area contributed by atoms with Crippen LogP contribution < -0.4 is 10.6 Å². The molecule has 0 aromatic rings. The van der Waals surface area contributed by atoms with E-state index in [2.05, 4.69) is 10.6 Å². The standard InChI is InChI=1S/C10H20N2O2/c1-8(14)10-3-2-9(12-10)4-5-11-6-7-13/h9-13H,2-7H2,1H3. The average molecular weight is 200 g/mol. The Balaban J connectivity index is 2.07.